The predicted octanol–water partition coefficient (Wildman–Crippen LogP) is 3.93. The van der Waals surface area contributed by atoms with Gasteiger partial charge < -0.3 is 5.11 Å². The minimum Gasteiger partial charge on any atom is -0.478 e. The minimum atomic E-state index is -1.03. The summed E-state index contributed by atoms with van der Waals surface area (Å²) in [5.41, 5.74) is 2.32. The van der Waals surface area contributed by atoms with Crippen molar-refractivity contribution in [3.05, 3.63) is 62.9 Å². The summed E-state index contributed by atoms with van der Waals surface area (Å²) in [5, 5.41) is 15.5. The van der Waals surface area contributed by atoms with Crippen LogP contribution in [0.15, 0.2) is 42.0 Å². The second-order valence-corrected chi connectivity index (χ2v) is 7.29. The highest BCUT2D eigenvalue weighted by atomic mass is 32.1. The topological polar surface area (TPSA) is 67.5 Å². The third-order valence-corrected chi connectivity index (χ3v) is 5.55. The summed E-state index contributed by atoms with van der Waals surface area (Å²) in [4.78, 5) is 18.7. The Kier molecular flexibility index (Phi) is 3.84. The maximum atomic E-state index is 11.6. The molecule has 0 atom stereocenters. The third kappa shape index (κ3) is 2.93. The minimum absolute atomic E-state index is 0.117. The van der Waals surface area contributed by atoms with E-state index in [9.17, 15) is 9.90 Å². The Labute approximate surface area is 151 Å². The number of hydrogen-bond donors (Lipinski definition) is 1. The SMILES string of the molecule is Cc1ccsc1C#Cc1ccc(-c2nc3ccnn3cc2C(=O)O)s1. The molecule has 0 saturated carbocycles. The van der Waals surface area contributed by atoms with Crippen LogP contribution in [0.5, 0.6) is 0 Å². The van der Waals surface area contributed by atoms with Crippen LogP contribution >= 0.6 is 22.7 Å². The highest BCUT2D eigenvalue weighted by molar-refractivity contribution is 7.16. The number of aromatic carboxylic acids is 1. The first-order valence-corrected chi connectivity index (χ1v) is 9.05. The van der Waals surface area contributed by atoms with E-state index in [1.165, 1.54) is 22.0 Å². The lowest BCUT2D eigenvalue weighted by molar-refractivity contribution is 0.0696. The van der Waals surface area contributed by atoms with Crippen LogP contribution in [-0.2, 0) is 0 Å². The fourth-order valence-corrected chi connectivity index (χ4v) is 3.98. The lowest BCUT2D eigenvalue weighted by Crippen LogP contribution is -2.04. The van der Waals surface area contributed by atoms with Crippen molar-refractivity contribution in [1.82, 2.24) is 14.6 Å². The lowest BCUT2D eigenvalue weighted by atomic mass is 10.2. The highest BCUT2D eigenvalue weighted by Gasteiger charge is 2.17. The van der Waals surface area contributed by atoms with Crippen LogP contribution in [-0.4, -0.2) is 25.7 Å². The monoisotopic (exact) mass is 365 g/mol. The maximum absolute atomic E-state index is 11.6. The van der Waals surface area contributed by atoms with E-state index in [4.69, 9.17) is 0 Å². The average molecular weight is 365 g/mol. The van der Waals surface area contributed by atoms with Gasteiger partial charge in [-0.05, 0) is 47.9 Å². The number of hydrogen-bond acceptors (Lipinski definition) is 5. The van der Waals surface area contributed by atoms with Gasteiger partial charge >= 0.3 is 5.97 Å². The molecule has 25 heavy (non-hydrogen) atoms. The summed E-state index contributed by atoms with van der Waals surface area (Å²) < 4.78 is 1.46. The molecule has 0 bridgehead atoms. The molecule has 4 heterocycles. The normalized spacial score (nSPS) is 10.6. The van der Waals surface area contributed by atoms with Crippen LogP contribution in [0.3, 0.4) is 0 Å². The Morgan fingerprint density at radius 2 is 2.12 bits per heavy atom. The number of carbonyl (C=O) groups is 1. The van der Waals surface area contributed by atoms with Crippen LogP contribution in [0.25, 0.3) is 16.2 Å². The van der Waals surface area contributed by atoms with Gasteiger partial charge in [-0.15, -0.1) is 22.7 Å². The zero-order valence-electron chi connectivity index (χ0n) is 13.1. The number of nitrogens with zero attached hydrogens (tertiary/aromatic N) is 3. The molecular weight excluding hydrogens is 354 g/mol. The molecule has 1 N–H and O–H groups in total. The van der Waals surface area contributed by atoms with Gasteiger partial charge in [0.05, 0.1) is 26.5 Å². The van der Waals surface area contributed by atoms with Crippen molar-refractivity contribution in [3.63, 3.8) is 0 Å². The highest BCUT2D eigenvalue weighted by Crippen LogP contribution is 2.29. The van der Waals surface area contributed by atoms with Crippen LogP contribution in [0.1, 0.15) is 25.7 Å². The number of fused-ring (bicyclic) bond motifs is 1. The fourth-order valence-electron chi connectivity index (χ4n) is 2.35. The predicted molar refractivity (Wildman–Crippen MR) is 98.3 cm³/mol. The molecule has 0 aliphatic rings. The molecule has 0 spiro atoms. The van der Waals surface area contributed by atoms with Crippen molar-refractivity contribution < 1.29 is 9.90 Å². The Morgan fingerprint density at radius 1 is 1.24 bits per heavy atom. The van der Waals surface area contributed by atoms with Gasteiger partial charge in [-0.1, -0.05) is 0 Å². The van der Waals surface area contributed by atoms with Crippen LogP contribution in [0.4, 0.5) is 0 Å². The van der Waals surface area contributed by atoms with Gasteiger partial charge in [0.25, 0.3) is 0 Å². The second kappa shape index (κ2) is 6.16. The molecule has 0 aliphatic heterocycles. The summed E-state index contributed by atoms with van der Waals surface area (Å²) in [6, 6.07) is 7.53. The van der Waals surface area contributed by atoms with Crippen LogP contribution in [0, 0.1) is 18.8 Å². The molecule has 4 rings (SSSR count). The summed E-state index contributed by atoms with van der Waals surface area (Å²) in [6.45, 7) is 2.03. The molecule has 7 heteroatoms. The van der Waals surface area contributed by atoms with Crippen LogP contribution in [0.2, 0.25) is 0 Å². The summed E-state index contributed by atoms with van der Waals surface area (Å²) in [7, 11) is 0. The van der Waals surface area contributed by atoms with Crippen molar-refractivity contribution in [3.8, 4) is 22.4 Å². The summed E-state index contributed by atoms with van der Waals surface area (Å²) in [6.07, 6.45) is 3.08. The Bertz CT molecular complexity index is 1160. The maximum Gasteiger partial charge on any atom is 0.339 e. The quantitative estimate of drug-likeness (QED) is 0.547. The summed E-state index contributed by atoms with van der Waals surface area (Å²) in [5.74, 6) is 5.28. The van der Waals surface area contributed by atoms with E-state index in [1.54, 1.807) is 23.6 Å². The second-order valence-electron chi connectivity index (χ2n) is 5.29. The molecule has 0 fully saturated rings. The number of carboxylic acids is 1. The standard InChI is InChI=1S/C18H11N3O2S2/c1-11-7-9-24-14(11)4-2-12-3-5-15(25-12)17-13(18(22)23)10-21-16(20-17)6-8-19-21/h3,5-10H,1H3,(H,22,23). The van der Waals surface area contributed by atoms with E-state index in [0.29, 0.717) is 11.3 Å². The Morgan fingerprint density at radius 3 is 2.88 bits per heavy atom. The number of thiophene rings is 2. The van der Waals surface area contributed by atoms with Gasteiger partial charge in [-0.2, -0.15) is 5.10 Å². The number of carboxylic acid groups (broad SMARTS) is 1. The number of aromatic nitrogens is 3. The molecule has 0 saturated heterocycles. The number of rotatable bonds is 2. The van der Waals surface area contributed by atoms with E-state index < -0.39 is 5.97 Å². The van der Waals surface area contributed by atoms with E-state index in [1.807, 2.05) is 30.5 Å². The van der Waals surface area contributed by atoms with Gasteiger partial charge in [0.15, 0.2) is 5.65 Å². The van der Waals surface area contributed by atoms with Crippen molar-refractivity contribution in [2.24, 2.45) is 0 Å². The molecule has 4 aromatic heterocycles. The van der Waals surface area contributed by atoms with E-state index >= 15 is 0 Å². The smallest absolute Gasteiger partial charge is 0.339 e. The van der Waals surface area contributed by atoms with Gasteiger partial charge in [0.2, 0.25) is 0 Å². The van der Waals surface area contributed by atoms with Gasteiger partial charge in [-0.3, -0.25) is 0 Å². The van der Waals surface area contributed by atoms with Crippen molar-refractivity contribution >= 4 is 34.3 Å². The van der Waals surface area contributed by atoms with Crippen molar-refractivity contribution in [1.29, 1.82) is 0 Å². The van der Waals surface area contributed by atoms with Crippen LogP contribution < -0.4 is 0 Å². The lowest BCUT2D eigenvalue weighted by Gasteiger charge is -2.03. The van der Waals surface area contributed by atoms with Crippen molar-refractivity contribution in [2.45, 2.75) is 6.92 Å². The molecule has 0 aromatic carbocycles. The summed E-state index contributed by atoms with van der Waals surface area (Å²) >= 11 is 3.04. The number of aryl methyl sites for hydroxylation is 1. The molecular formula is C18H11N3O2S2. The van der Waals surface area contributed by atoms with Crippen molar-refractivity contribution in [2.75, 3.05) is 0 Å². The first-order valence-electron chi connectivity index (χ1n) is 7.36. The first-order chi connectivity index (χ1) is 12.1. The average Bonchev–Trinajstić information content (AvgIpc) is 3.32. The Balaban J connectivity index is 1.76. The fraction of sp³-hybridized carbons (Fsp3) is 0.0556. The zero-order chi connectivity index (χ0) is 17.4. The van der Waals surface area contributed by atoms with E-state index in [2.05, 4.69) is 21.9 Å². The zero-order valence-corrected chi connectivity index (χ0v) is 14.7. The molecule has 122 valence electrons. The molecule has 4 aromatic rings. The van der Waals surface area contributed by atoms with Gasteiger partial charge in [-0.25, -0.2) is 14.3 Å². The van der Waals surface area contributed by atoms with E-state index in [-0.39, 0.29) is 5.56 Å². The molecule has 0 aliphatic carbocycles. The largest absolute Gasteiger partial charge is 0.478 e. The molecule has 5 nitrogen and oxygen atoms in total. The first kappa shape index (κ1) is 15.6. The molecule has 0 unspecified atom stereocenters. The molecule has 0 amide bonds. The van der Waals surface area contributed by atoms with E-state index in [0.717, 1.165) is 20.2 Å². The van der Waals surface area contributed by atoms with Gasteiger partial charge in [0.1, 0.15) is 5.56 Å². The Hall–Kier alpha value is -2.95. The third-order valence-electron chi connectivity index (χ3n) is 3.61. The molecule has 0 radical (unpaired) electrons. The van der Waals surface area contributed by atoms with Gasteiger partial charge in [0, 0.05) is 12.3 Å².